The standard InChI is InChI=1S/C6H7F2N3/c1-3-4(9)2-5(6(7)8)11-10-3/h2,6H,1H3,(H2,9,11). The van der Waals surface area contributed by atoms with Crippen molar-refractivity contribution in [3.8, 4) is 0 Å². The number of alkyl halides is 2. The monoisotopic (exact) mass is 159 g/mol. The van der Waals surface area contributed by atoms with E-state index in [0.29, 0.717) is 5.69 Å². The van der Waals surface area contributed by atoms with Gasteiger partial charge in [0.15, 0.2) is 0 Å². The lowest BCUT2D eigenvalue weighted by Crippen LogP contribution is -1.99. The van der Waals surface area contributed by atoms with E-state index in [1.165, 1.54) is 0 Å². The van der Waals surface area contributed by atoms with Crippen molar-refractivity contribution >= 4 is 5.69 Å². The van der Waals surface area contributed by atoms with Gasteiger partial charge >= 0.3 is 0 Å². The SMILES string of the molecule is Cc1nnc(C(F)F)cc1N. The molecule has 0 aliphatic carbocycles. The molecule has 0 aromatic carbocycles. The summed E-state index contributed by atoms with van der Waals surface area (Å²) in [6.45, 7) is 1.61. The summed E-state index contributed by atoms with van der Waals surface area (Å²) in [7, 11) is 0. The van der Waals surface area contributed by atoms with Crippen LogP contribution in [-0.4, -0.2) is 10.2 Å². The Morgan fingerprint density at radius 2 is 2.09 bits per heavy atom. The van der Waals surface area contributed by atoms with E-state index in [0.717, 1.165) is 6.07 Å². The van der Waals surface area contributed by atoms with Crippen LogP contribution in [0.25, 0.3) is 0 Å². The summed E-state index contributed by atoms with van der Waals surface area (Å²) < 4.78 is 23.8. The Labute approximate surface area is 62.2 Å². The minimum absolute atomic E-state index is 0.246. The smallest absolute Gasteiger partial charge is 0.282 e. The summed E-state index contributed by atoms with van der Waals surface area (Å²) in [6.07, 6.45) is -2.61. The van der Waals surface area contributed by atoms with Gasteiger partial charge in [-0.15, -0.1) is 5.10 Å². The minimum Gasteiger partial charge on any atom is -0.397 e. The van der Waals surface area contributed by atoms with E-state index in [4.69, 9.17) is 5.73 Å². The average molecular weight is 159 g/mol. The van der Waals surface area contributed by atoms with Crippen molar-refractivity contribution in [2.24, 2.45) is 0 Å². The van der Waals surface area contributed by atoms with Gasteiger partial charge in [-0.2, -0.15) is 5.10 Å². The molecule has 5 heteroatoms. The van der Waals surface area contributed by atoms with Crippen LogP contribution in [0.2, 0.25) is 0 Å². The van der Waals surface area contributed by atoms with Gasteiger partial charge in [-0.3, -0.25) is 0 Å². The number of rotatable bonds is 1. The van der Waals surface area contributed by atoms with Crippen LogP contribution in [0.4, 0.5) is 14.5 Å². The van der Waals surface area contributed by atoms with Crippen LogP contribution in [0, 0.1) is 6.92 Å². The van der Waals surface area contributed by atoms with Gasteiger partial charge in [0.25, 0.3) is 6.43 Å². The summed E-state index contributed by atoms with van der Waals surface area (Å²) in [4.78, 5) is 0. The molecule has 0 aliphatic heterocycles. The van der Waals surface area contributed by atoms with Crippen LogP contribution in [0.3, 0.4) is 0 Å². The molecule has 1 aromatic rings. The van der Waals surface area contributed by atoms with Crippen LogP contribution in [0.1, 0.15) is 17.8 Å². The molecule has 0 atom stereocenters. The maximum atomic E-state index is 11.9. The van der Waals surface area contributed by atoms with Crippen LogP contribution in [0.15, 0.2) is 6.07 Å². The highest BCUT2D eigenvalue weighted by Gasteiger charge is 2.10. The molecule has 0 radical (unpaired) electrons. The van der Waals surface area contributed by atoms with E-state index in [9.17, 15) is 8.78 Å². The van der Waals surface area contributed by atoms with Crippen molar-refractivity contribution in [3.05, 3.63) is 17.5 Å². The molecule has 1 heterocycles. The number of anilines is 1. The molecule has 0 spiro atoms. The minimum atomic E-state index is -2.61. The van der Waals surface area contributed by atoms with Gasteiger partial charge in [0.1, 0.15) is 5.69 Å². The maximum Gasteiger partial charge on any atom is 0.282 e. The average Bonchev–Trinajstić information content (AvgIpc) is 1.94. The van der Waals surface area contributed by atoms with Gasteiger partial charge in [-0.25, -0.2) is 8.78 Å². The first-order valence-electron chi connectivity index (χ1n) is 2.99. The predicted molar refractivity (Wildman–Crippen MR) is 36.1 cm³/mol. The molecule has 0 amide bonds. The normalized spacial score (nSPS) is 10.5. The second-order valence-corrected chi connectivity index (χ2v) is 2.11. The summed E-state index contributed by atoms with van der Waals surface area (Å²) >= 11 is 0. The van der Waals surface area contributed by atoms with Crippen molar-refractivity contribution in [3.63, 3.8) is 0 Å². The van der Waals surface area contributed by atoms with Crippen molar-refractivity contribution < 1.29 is 8.78 Å². The predicted octanol–water partition coefficient (Wildman–Crippen LogP) is 1.30. The molecule has 1 rings (SSSR count). The number of aryl methyl sites for hydroxylation is 1. The number of hydrogen-bond donors (Lipinski definition) is 1. The second-order valence-electron chi connectivity index (χ2n) is 2.11. The van der Waals surface area contributed by atoms with Gasteiger partial charge < -0.3 is 5.73 Å². The Hall–Kier alpha value is -1.26. The molecule has 0 fully saturated rings. The fraction of sp³-hybridized carbons (Fsp3) is 0.333. The molecule has 1 aromatic heterocycles. The van der Waals surface area contributed by atoms with Gasteiger partial charge in [0.2, 0.25) is 0 Å². The first kappa shape index (κ1) is 7.84. The Bertz CT molecular complexity index is 262. The highest BCUT2D eigenvalue weighted by Crippen LogP contribution is 2.18. The van der Waals surface area contributed by atoms with Crippen LogP contribution in [-0.2, 0) is 0 Å². The molecule has 3 nitrogen and oxygen atoms in total. The van der Waals surface area contributed by atoms with Gasteiger partial charge in [-0.1, -0.05) is 0 Å². The van der Waals surface area contributed by atoms with Crippen LogP contribution < -0.4 is 5.73 Å². The summed E-state index contributed by atoms with van der Waals surface area (Å²) in [5, 5.41) is 6.70. The largest absolute Gasteiger partial charge is 0.397 e. The van der Waals surface area contributed by atoms with Crippen molar-refractivity contribution in [2.75, 3.05) is 5.73 Å². The number of halogens is 2. The van der Waals surface area contributed by atoms with Crippen LogP contribution in [0.5, 0.6) is 0 Å². The van der Waals surface area contributed by atoms with Crippen molar-refractivity contribution in [1.29, 1.82) is 0 Å². The zero-order valence-electron chi connectivity index (χ0n) is 5.88. The third-order valence-corrected chi connectivity index (χ3v) is 1.26. The molecule has 0 aliphatic rings. The highest BCUT2D eigenvalue weighted by molar-refractivity contribution is 5.42. The molecule has 60 valence electrons. The van der Waals surface area contributed by atoms with E-state index in [1.807, 2.05) is 0 Å². The number of aromatic nitrogens is 2. The molecular formula is C6H7F2N3. The van der Waals surface area contributed by atoms with E-state index in [1.54, 1.807) is 6.92 Å². The molecule has 11 heavy (non-hydrogen) atoms. The first-order chi connectivity index (χ1) is 5.11. The second kappa shape index (κ2) is 2.77. The van der Waals surface area contributed by atoms with Gasteiger partial charge in [-0.05, 0) is 13.0 Å². The van der Waals surface area contributed by atoms with E-state index >= 15 is 0 Å². The lowest BCUT2D eigenvalue weighted by atomic mass is 10.3. The molecule has 0 saturated carbocycles. The molecule has 2 N–H and O–H groups in total. The highest BCUT2D eigenvalue weighted by atomic mass is 19.3. The van der Waals surface area contributed by atoms with Gasteiger partial charge in [0, 0.05) is 0 Å². The molecule has 0 unspecified atom stereocenters. The fourth-order valence-corrected chi connectivity index (χ4v) is 0.590. The Morgan fingerprint density at radius 1 is 1.45 bits per heavy atom. The Morgan fingerprint density at radius 3 is 2.55 bits per heavy atom. The zero-order chi connectivity index (χ0) is 8.43. The number of nitrogens with two attached hydrogens (primary N) is 1. The molecule has 0 bridgehead atoms. The first-order valence-corrected chi connectivity index (χ1v) is 2.99. The zero-order valence-corrected chi connectivity index (χ0v) is 5.88. The van der Waals surface area contributed by atoms with E-state index < -0.39 is 6.43 Å². The Balaban J connectivity index is 3.05. The van der Waals surface area contributed by atoms with Gasteiger partial charge in [0.05, 0.1) is 11.4 Å². The Kier molecular flexibility index (Phi) is 1.98. The third kappa shape index (κ3) is 1.60. The molecular weight excluding hydrogens is 152 g/mol. The fourth-order valence-electron chi connectivity index (χ4n) is 0.590. The summed E-state index contributed by atoms with van der Waals surface area (Å²) in [5.74, 6) is 0. The molecule has 0 saturated heterocycles. The topological polar surface area (TPSA) is 51.8 Å². The lowest BCUT2D eigenvalue weighted by molar-refractivity contribution is 0.145. The maximum absolute atomic E-state index is 11.9. The van der Waals surface area contributed by atoms with Crippen LogP contribution >= 0.6 is 0 Å². The number of nitrogen functional groups attached to an aromatic ring is 1. The van der Waals surface area contributed by atoms with Crippen molar-refractivity contribution in [2.45, 2.75) is 13.3 Å². The third-order valence-electron chi connectivity index (χ3n) is 1.26. The summed E-state index contributed by atoms with van der Waals surface area (Å²) in [5.41, 5.74) is 5.65. The summed E-state index contributed by atoms with van der Waals surface area (Å²) in [6, 6.07) is 1.13. The quantitative estimate of drug-likeness (QED) is 0.672. The lowest BCUT2D eigenvalue weighted by Gasteiger charge is -2.00. The number of hydrogen-bond acceptors (Lipinski definition) is 3. The van der Waals surface area contributed by atoms with Crippen molar-refractivity contribution in [1.82, 2.24) is 10.2 Å². The van der Waals surface area contributed by atoms with E-state index in [2.05, 4.69) is 10.2 Å². The number of nitrogens with zero attached hydrogens (tertiary/aromatic N) is 2. The van der Waals surface area contributed by atoms with E-state index in [-0.39, 0.29) is 11.4 Å².